The van der Waals surface area contributed by atoms with Crippen LogP contribution in [0.15, 0.2) is 28.8 Å². The summed E-state index contributed by atoms with van der Waals surface area (Å²) >= 11 is 0. The Balaban J connectivity index is 1.71. The van der Waals surface area contributed by atoms with Gasteiger partial charge in [-0.3, -0.25) is 0 Å². The Labute approximate surface area is 198 Å². The lowest BCUT2D eigenvalue weighted by molar-refractivity contribution is -0.0589. The first-order valence-electron chi connectivity index (χ1n) is 11.3. The van der Waals surface area contributed by atoms with Crippen molar-refractivity contribution in [3.05, 3.63) is 41.3 Å². The molecular formula is C24H31N5O5. The minimum Gasteiger partial charge on any atom is -0.491 e. The van der Waals surface area contributed by atoms with Gasteiger partial charge in [0.15, 0.2) is 12.1 Å². The summed E-state index contributed by atoms with van der Waals surface area (Å²) in [6, 6.07) is 7.38. The lowest BCUT2D eigenvalue weighted by atomic mass is 10.0. The number of aryl methyl sites for hydroxylation is 2. The van der Waals surface area contributed by atoms with Gasteiger partial charge < -0.3 is 34.8 Å². The number of ether oxygens (including phenoxy) is 2. The van der Waals surface area contributed by atoms with Gasteiger partial charge in [-0.25, -0.2) is 9.97 Å². The number of benzene rings is 1. The zero-order chi connectivity index (χ0) is 24.2. The van der Waals surface area contributed by atoms with E-state index < -0.39 is 12.4 Å². The summed E-state index contributed by atoms with van der Waals surface area (Å²) in [7, 11) is 1.78. The molecule has 0 radical (unpaired) electrons. The third kappa shape index (κ3) is 5.36. The van der Waals surface area contributed by atoms with Gasteiger partial charge in [0.1, 0.15) is 30.0 Å². The van der Waals surface area contributed by atoms with Gasteiger partial charge in [0.2, 0.25) is 0 Å². The number of hydrogen-bond donors (Lipinski definition) is 4. The van der Waals surface area contributed by atoms with Gasteiger partial charge in [0.25, 0.3) is 0 Å². The lowest BCUT2D eigenvalue weighted by Crippen LogP contribution is -2.29. The number of aliphatic hydroxyl groups excluding tert-OH is 2. The van der Waals surface area contributed by atoms with Crippen LogP contribution in [-0.4, -0.2) is 70.6 Å². The van der Waals surface area contributed by atoms with E-state index in [4.69, 9.17) is 24.0 Å². The summed E-state index contributed by atoms with van der Waals surface area (Å²) in [6.07, 6.45) is -0.930. The summed E-state index contributed by atoms with van der Waals surface area (Å²) in [4.78, 5) is 9.68. The molecule has 2 unspecified atom stereocenters. The average Bonchev–Trinajstić information content (AvgIpc) is 3.38. The van der Waals surface area contributed by atoms with Crippen LogP contribution >= 0.6 is 0 Å². The molecule has 4 N–H and O–H groups in total. The molecule has 0 amide bonds. The van der Waals surface area contributed by atoms with Crippen molar-refractivity contribution in [2.24, 2.45) is 0 Å². The van der Waals surface area contributed by atoms with E-state index >= 15 is 0 Å². The van der Waals surface area contributed by atoms with Crippen LogP contribution in [0.5, 0.6) is 5.75 Å². The first-order valence-corrected chi connectivity index (χ1v) is 11.3. The van der Waals surface area contributed by atoms with Gasteiger partial charge >= 0.3 is 0 Å². The molecule has 10 heteroatoms. The predicted octanol–water partition coefficient (Wildman–Crippen LogP) is 2.20. The van der Waals surface area contributed by atoms with Gasteiger partial charge in [-0.05, 0) is 40.0 Å². The fourth-order valence-electron chi connectivity index (χ4n) is 3.96. The van der Waals surface area contributed by atoms with Crippen molar-refractivity contribution in [2.45, 2.75) is 45.6 Å². The number of nitrogens with one attached hydrogen (secondary N) is 2. The van der Waals surface area contributed by atoms with Crippen LogP contribution in [0.2, 0.25) is 0 Å². The highest BCUT2D eigenvalue weighted by molar-refractivity contribution is 5.74. The van der Waals surface area contributed by atoms with Gasteiger partial charge in [0, 0.05) is 24.1 Å². The van der Waals surface area contributed by atoms with Crippen LogP contribution < -0.4 is 15.4 Å². The van der Waals surface area contributed by atoms with E-state index in [1.54, 1.807) is 7.05 Å². The molecule has 34 heavy (non-hydrogen) atoms. The number of hydrogen-bond acceptors (Lipinski definition) is 10. The van der Waals surface area contributed by atoms with Gasteiger partial charge in [-0.1, -0.05) is 17.3 Å². The predicted molar refractivity (Wildman–Crippen MR) is 127 cm³/mol. The molecule has 0 aliphatic carbocycles. The first-order chi connectivity index (χ1) is 16.4. The Bertz CT molecular complexity index is 1120. The largest absolute Gasteiger partial charge is 0.491 e. The Morgan fingerprint density at radius 1 is 1.24 bits per heavy atom. The van der Waals surface area contributed by atoms with Gasteiger partial charge in [-0.15, -0.1) is 0 Å². The maximum Gasteiger partial charge on any atom is 0.162 e. The number of anilines is 1. The molecule has 1 aliphatic heterocycles. The molecule has 1 saturated heterocycles. The molecule has 0 bridgehead atoms. The maximum absolute atomic E-state index is 9.95. The van der Waals surface area contributed by atoms with E-state index in [1.165, 1.54) is 0 Å². The van der Waals surface area contributed by atoms with Crippen LogP contribution in [-0.2, 0) is 4.74 Å². The molecule has 1 aliphatic rings. The second-order valence-corrected chi connectivity index (χ2v) is 8.48. The standard InChI is InChI=1S/C24H31N5O5/c1-13-22(21-14(2)29-34-15(21)3)27-24(28-23(13)26-17-9-20(31)33-11-17)16-6-5-7-19(8-16)32-12-18(30)10-25-4/h5-8,17-18,20,25,30-31H,9-12H2,1-4H3,(H,26,27,28)/t17-,18?,20?/m1/s1. The number of nitrogens with zero attached hydrogens (tertiary/aromatic N) is 3. The highest BCUT2D eigenvalue weighted by Crippen LogP contribution is 2.34. The molecule has 2 aromatic heterocycles. The van der Waals surface area contributed by atoms with Crippen LogP contribution in [0.1, 0.15) is 23.4 Å². The fourth-order valence-corrected chi connectivity index (χ4v) is 3.96. The molecule has 1 fully saturated rings. The molecule has 3 aromatic rings. The monoisotopic (exact) mass is 469 g/mol. The Morgan fingerprint density at radius 2 is 2.06 bits per heavy atom. The van der Waals surface area contributed by atoms with E-state index in [9.17, 15) is 10.2 Å². The molecule has 10 nitrogen and oxygen atoms in total. The van der Waals surface area contributed by atoms with Crippen molar-refractivity contribution in [2.75, 3.05) is 32.1 Å². The lowest BCUT2D eigenvalue weighted by Gasteiger charge is -2.17. The molecule has 1 aromatic carbocycles. The van der Waals surface area contributed by atoms with Crippen molar-refractivity contribution in [1.29, 1.82) is 0 Å². The SMILES string of the molecule is CNCC(O)COc1cccc(-c2nc(N[C@H]3COC(O)C3)c(C)c(-c3c(C)noc3C)n2)c1. The van der Waals surface area contributed by atoms with E-state index in [0.29, 0.717) is 42.7 Å². The minimum absolute atomic E-state index is 0.0719. The van der Waals surface area contributed by atoms with Crippen molar-refractivity contribution < 1.29 is 24.2 Å². The number of aliphatic hydroxyl groups is 2. The summed E-state index contributed by atoms with van der Waals surface area (Å²) in [5.74, 6) is 2.44. The Morgan fingerprint density at radius 3 is 2.74 bits per heavy atom. The normalized spacial score (nSPS) is 18.8. The van der Waals surface area contributed by atoms with E-state index in [-0.39, 0.29) is 12.6 Å². The summed E-state index contributed by atoms with van der Waals surface area (Å²) in [5, 5.41) is 30.1. The van der Waals surface area contributed by atoms with Gasteiger partial charge in [-0.2, -0.15) is 0 Å². The Hall–Kier alpha value is -3.05. The van der Waals surface area contributed by atoms with Crippen molar-refractivity contribution >= 4 is 5.82 Å². The smallest absolute Gasteiger partial charge is 0.162 e. The number of aromatic nitrogens is 3. The number of likely N-dealkylation sites (N-methyl/N-ethyl adjacent to an activating group) is 1. The second kappa shape index (κ2) is 10.5. The second-order valence-electron chi connectivity index (χ2n) is 8.48. The third-order valence-electron chi connectivity index (χ3n) is 5.71. The molecule has 3 atom stereocenters. The van der Waals surface area contributed by atoms with Crippen molar-refractivity contribution in [3.8, 4) is 28.4 Å². The van der Waals surface area contributed by atoms with Crippen LogP contribution in [0.25, 0.3) is 22.6 Å². The number of rotatable bonds is 9. The molecule has 4 rings (SSSR count). The van der Waals surface area contributed by atoms with Crippen molar-refractivity contribution in [1.82, 2.24) is 20.4 Å². The molecular weight excluding hydrogens is 438 g/mol. The highest BCUT2D eigenvalue weighted by Gasteiger charge is 2.26. The average molecular weight is 470 g/mol. The van der Waals surface area contributed by atoms with E-state index in [1.807, 2.05) is 45.0 Å². The summed E-state index contributed by atoms with van der Waals surface area (Å²) in [5.41, 5.74) is 3.90. The minimum atomic E-state index is -0.784. The van der Waals surface area contributed by atoms with Gasteiger partial charge in [0.05, 0.1) is 29.6 Å². The fraction of sp³-hybridized carbons (Fsp3) is 0.458. The van der Waals surface area contributed by atoms with Crippen LogP contribution in [0.3, 0.4) is 0 Å². The summed E-state index contributed by atoms with van der Waals surface area (Å²) < 4.78 is 16.5. The van der Waals surface area contributed by atoms with Crippen LogP contribution in [0.4, 0.5) is 5.82 Å². The molecule has 3 heterocycles. The maximum atomic E-state index is 9.95. The third-order valence-corrected chi connectivity index (χ3v) is 5.71. The zero-order valence-electron chi connectivity index (χ0n) is 19.8. The van der Waals surface area contributed by atoms with E-state index in [0.717, 1.165) is 28.1 Å². The highest BCUT2D eigenvalue weighted by atomic mass is 16.6. The summed E-state index contributed by atoms with van der Waals surface area (Å²) in [6.45, 7) is 6.68. The van der Waals surface area contributed by atoms with E-state index in [2.05, 4.69) is 15.8 Å². The molecule has 0 spiro atoms. The van der Waals surface area contributed by atoms with Crippen LogP contribution in [0, 0.1) is 20.8 Å². The first kappa shape index (κ1) is 24.1. The molecule has 0 saturated carbocycles. The van der Waals surface area contributed by atoms with Crippen molar-refractivity contribution in [3.63, 3.8) is 0 Å². The molecule has 182 valence electrons. The quantitative estimate of drug-likeness (QED) is 0.369. The Kier molecular flexibility index (Phi) is 7.42. The zero-order valence-corrected chi connectivity index (χ0v) is 19.8. The topological polar surface area (TPSA) is 135 Å².